The smallest absolute Gasteiger partial charge is 0.352 e. The molecular weight excluding hydrogens is 261 g/mol. The van der Waals surface area contributed by atoms with E-state index in [2.05, 4.69) is 10.3 Å². The van der Waals surface area contributed by atoms with Crippen molar-refractivity contribution in [1.82, 2.24) is 4.98 Å². The van der Waals surface area contributed by atoms with E-state index < -0.39 is 12.7 Å². The molecule has 0 amide bonds. The van der Waals surface area contributed by atoms with E-state index in [4.69, 9.17) is 11.6 Å². The molecule has 1 heterocycles. The van der Waals surface area contributed by atoms with E-state index in [1.54, 1.807) is 18.2 Å². The van der Waals surface area contributed by atoms with Gasteiger partial charge in [0.25, 0.3) is 0 Å². The maximum atomic E-state index is 12.0. The van der Waals surface area contributed by atoms with Gasteiger partial charge in [0.15, 0.2) is 5.13 Å². The van der Waals surface area contributed by atoms with Crippen LogP contribution in [0.15, 0.2) is 18.2 Å². The van der Waals surface area contributed by atoms with Gasteiger partial charge in [0.1, 0.15) is 6.54 Å². The molecule has 1 aromatic heterocycles. The number of anilines is 1. The van der Waals surface area contributed by atoms with Crippen LogP contribution < -0.4 is 5.32 Å². The van der Waals surface area contributed by atoms with Gasteiger partial charge in [0, 0.05) is 0 Å². The predicted octanol–water partition coefficient (Wildman–Crippen LogP) is 3.92. The van der Waals surface area contributed by atoms with E-state index in [9.17, 15) is 13.2 Å². The van der Waals surface area contributed by atoms with E-state index in [1.165, 1.54) is 0 Å². The number of benzene rings is 1. The molecule has 0 unspecified atom stereocenters. The third kappa shape index (κ3) is 2.56. The average Bonchev–Trinajstić information content (AvgIpc) is 2.58. The van der Waals surface area contributed by atoms with Crippen LogP contribution in [0.5, 0.6) is 0 Å². The Morgan fingerprint density at radius 3 is 2.75 bits per heavy atom. The highest BCUT2D eigenvalue weighted by atomic mass is 35.5. The molecule has 1 N–H and O–H groups in total. The SMILES string of the molecule is FC(F)(F)CNc1nc2cccc(Cl)c2s1. The van der Waals surface area contributed by atoms with Gasteiger partial charge < -0.3 is 5.32 Å². The molecule has 0 atom stereocenters. The summed E-state index contributed by atoms with van der Waals surface area (Å²) in [7, 11) is 0. The second-order valence-electron chi connectivity index (χ2n) is 3.08. The highest BCUT2D eigenvalue weighted by molar-refractivity contribution is 7.22. The van der Waals surface area contributed by atoms with Crippen molar-refractivity contribution in [2.45, 2.75) is 6.18 Å². The highest BCUT2D eigenvalue weighted by Gasteiger charge is 2.27. The lowest BCUT2D eigenvalue weighted by Crippen LogP contribution is -2.21. The lowest BCUT2D eigenvalue weighted by Gasteiger charge is -2.05. The van der Waals surface area contributed by atoms with Crippen molar-refractivity contribution in [1.29, 1.82) is 0 Å². The molecule has 7 heteroatoms. The standard InChI is InChI=1S/C9H6ClF3N2S/c10-5-2-1-3-6-7(5)16-8(15-6)14-4-9(11,12)13/h1-3H,4H2,(H,14,15). The van der Waals surface area contributed by atoms with Gasteiger partial charge in [0.2, 0.25) is 0 Å². The fourth-order valence-corrected chi connectivity index (χ4v) is 2.32. The summed E-state index contributed by atoms with van der Waals surface area (Å²) in [5.74, 6) is 0. The Labute approximate surface area is 98.1 Å². The highest BCUT2D eigenvalue weighted by Crippen LogP contribution is 2.32. The average molecular weight is 267 g/mol. The molecule has 0 saturated carbocycles. The van der Waals surface area contributed by atoms with Gasteiger partial charge in [-0.15, -0.1) is 0 Å². The molecule has 2 rings (SSSR count). The predicted molar refractivity (Wildman–Crippen MR) is 59.2 cm³/mol. The number of nitrogens with zero attached hydrogens (tertiary/aromatic N) is 1. The molecule has 0 saturated heterocycles. The first-order valence-electron chi connectivity index (χ1n) is 4.31. The van der Waals surface area contributed by atoms with Crippen molar-refractivity contribution in [2.24, 2.45) is 0 Å². The first-order chi connectivity index (χ1) is 7.46. The number of thiazole rings is 1. The van der Waals surface area contributed by atoms with Crippen molar-refractivity contribution >= 4 is 38.3 Å². The van der Waals surface area contributed by atoms with Crippen molar-refractivity contribution in [2.75, 3.05) is 11.9 Å². The normalized spacial score (nSPS) is 12.0. The minimum atomic E-state index is -4.25. The number of hydrogen-bond acceptors (Lipinski definition) is 3. The molecule has 1 aromatic carbocycles. The Balaban J connectivity index is 2.24. The minimum Gasteiger partial charge on any atom is -0.352 e. The van der Waals surface area contributed by atoms with Crippen molar-refractivity contribution < 1.29 is 13.2 Å². The number of aromatic nitrogens is 1. The molecule has 16 heavy (non-hydrogen) atoms. The molecule has 0 spiro atoms. The number of nitrogens with one attached hydrogen (secondary N) is 1. The number of halogens is 4. The third-order valence-corrected chi connectivity index (χ3v) is 3.30. The van der Waals surface area contributed by atoms with E-state index in [-0.39, 0.29) is 5.13 Å². The summed E-state index contributed by atoms with van der Waals surface area (Å²) in [6.45, 7) is -1.09. The Morgan fingerprint density at radius 1 is 1.38 bits per heavy atom. The second kappa shape index (κ2) is 4.10. The van der Waals surface area contributed by atoms with Crippen LogP contribution in [0.1, 0.15) is 0 Å². The number of hydrogen-bond donors (Lipinski definition) is 1. The summed E-state index contributed by atoms with van der Waals surface area (Å²) in [6, 6.07) is 5.09. The number of rotatable bonds is 2. The quantitative estimate of drug-likeness (QED) is 0.891. The summed E-state index contributed by atoms with van der Waals surface area (Å²) in [4.78, 5) is 4.00. The van der Waals surface area contributed by atoms with Crippen LogP contribution in [0.3, 0.4) is 0 Å². The molecule has 2 aromatic rings. The van der Waals surface area contributed by atoms with Crippen LogP contribution in [0.25, 0.3) is 10.2 Å². The number of alkyl halides is 3. The van der Waals surface area contributed by atoms with Gasteiger partial charge in [0.05, 0.1) is 15.2 Å². The molecule has 0 radical (unpaired) electrons. The topological polar surface area (TPSA) is 24.9 Å². The van der Waals surface area contributed by atoms with Crippen LogP contribution in [-0.4, -0.2) is 17.7 Å². The Kier molecular flexibility index (Phi) is 2.94. The number of fused-ring (bicyclic) bond motifs is 1. The molecule has 0 aliphatic carbocycles. The maximum absolute atomic E-state index is 12.0. The van der Waals surface area contributed by atoms with Crippen molar-refractivity contribution in [3.63, 3.8) is 0 Å². The van der Waals surface area contributed by atoms with Crippen LogP contribution in [0, 0.1) is 0 Å². The van der Waals surface area contributed by atoms with E-state index in [0.717, 1.165) is 11.3 Å². The zero-order chi connectivity index (χ0) is 11.8. The summed E-state index contributed by atoms with van der Waals surface area (Å²) in [5.41, 5.74) is 0.599. The van der Waals surface area contributed by atoms with Crippen LogP contribution >= 0.6 is 22.9 Å². The summed E-state index contributed by atoms with van der Waals surface area (Å²) in [5, 5.41) is 2.94. The lowest BCUT2D eigenvalue weighted by molar-refractivity contribution is -0.115. The molecule has 0 bridgehead atoms. The minimum absolute atomic E-state index is 0.223. The van der Waals surface area contributed by atoms with Gasteiger partial charge in [-0.05, 0) is 12.1 Å². The first-order valence-corrected chi connectivity index (χ1v) is 5.51. The van der Waals surface area contributed by atoms with Crippen LogP contribution in [-0.2, 0) is 0 Å². The molecule has 0 fully saturated rings. The zero-order valence-electron chi connectivity index (χ0n) is 7.81. The summed E-state index contributed by atoms with van der Waals surface area (Å²) in [6.07, 6.45) is -4.25. The fourth-order valence-electron chi connectivity index (χ4n) is 1.17. The molecule has 86 valence electrons. The summed E-state index contributed by atoms with van der Waals surface area (Å²) >= 11 is 6.99. The van der Waals surface area contributed by atoms with Gasteiger partial charge in [-0.25, -0.2) is 4.98 Å². The summed E-state index contributed by atoms with van der Waals surface area (Å²) < 4.78 is 36.6. The Morgan fingerprint density at radius 2 is 2.12 bits per heavy atom. The second-order valence-corrected chi connectivity index (χ2v) is 4.48. The zero-order valence-corrected chi connectivity index (χ0v) is 9.38. The van der Waals surface area contributed by atoms with Crippen molar-refractivity contribution in [3.05, 3.63) is 23.2 Å². The Hall–Kier alpha value is -1.01. The largest absolute Gasteiger partial charge is 0.405 e. The van der Waals surface area contributed by atoms with E-state index in [0.29, 0.717) is 15.2 Å². The Bertz CT molecular complexity index is 509. The van der Waals surface area contributed by atoms with Gasteiger partial charge in [-0.1, -0.05) is 29.0 Å². The van der Waals surface area contributed by atoms with E-state index in [1.807, 2.05) is 0 Å². The van der Waals surface area contributed by atoms with Gasteiger partial charge >= 0.3 is 6.18 Å². The van der Waals surface area contributed by atoms with Gasteiger partial charge in [-0.3, -0.25) is 0 Å². The third-order valence-electron chi connectivity index (χ3n) is 1.81. The van der Waals surface area contributed by atoms with Crippen LogP contribution in [0.4, 0.5) is 18.3 Å². The molecule has 0 aliphatic rings. The molecular formula is C9H6ClF3N2S. The van der Waals surface area contributed by atoms with Crippen molar-refractivity contribution in [3.8, 4) is 0 Å². The molecule has 2 nitrogen and oxygen atoms in total. The van der Waals surface area contributed by atoms with Gasteiger partial charge in [-0.2, -0.15) is 13.2 Å². The monoisotopic (exact) mass is 266 g/mol. The lowest BCUT2D eigenvalue weighted by atomic mass is 10.3. The fraction of sp³-hybridized carbons (Fsp3) is 0.222. The van der Waals surface area contributed by atoms with E-state index >= 15 is 0 Å². The molecule has 0 aliphatic heterocycles. The maximum Gasteiger partial charge on any atom is 0.405 e. The first kappa shape index (κ1) is 11.5. The van der Waals surface area contributed by atoms with Crippen LogP contribution in [0.2, 0.25) is 5.02 Å².